The maximum absolute atomic E-state index is 12.6. The van der Waals surface area contributed by atoms with Crippen molar-refractivity contribution in [3.05, 3.63) is 89.5 Å². The molecule has 1 aliphatic rings. The molecule has 6 N–H and O–H groups in total. The van der Waals surface area contributed by atoms with Gasteiger partial charge >= 0.3 is 18.1 Å². The van der Waals surface area contributed by atoms with E-state index in [-0.39, 0.29) is 30.4 Å². The summed E-state index contributed by atoms with van der Waals surface area (Å²) in [5.41, 5.74) is 9.86. The average molecular weight is 562 g/mol. The molecule has 10 heteroatoms. The molecule has 0 aromatic heterocycles. The van der Waals surface area contributed by atoms with Crippen molar-refractivity contribution in [2.75, 3.05) is 6.54 Å². The molecule has 41 heavy (non-hydrogen) atoms. The molecule has 1 saturated carbocycles. The molecule has 0 atom stereocenters. The van der Waals surface area contributed by atoms with Crippen LogP contribution in [-0.2, 0) is 16.1 Å². The van der Waals surface area contributed by atoms with Crippen molar-refractivity contribution in [2.45, 2.75) is 39.2 Å². The van der Waals surface area contributed by atoms with Gasteiger partial charge in [-0.1, -0.05) is 54.1 Å². The molecule has 0 unspecified atom stereocenters. The van der Waals surface area contributed by atoms with Crippen LogP contribution in [0.3, 0.4) is 0 Å². The predicted octanol–water partition coefficient (Wildman–Crippen LogP) is 5.44. The lowest BCUT2D eigenvalue weighted by Crippen LogP contribution is -2.36. The van der Waals surface area contributed by atoms with Gasteiger partial charge in [0.1, 0.15) is 12.4 Å². The summed E-state index contributed by atoms with van der Waals surface area (Å²) in [5.74, 6) is 0.265. The summed E-state index contributed by atoms with van der Waals surface area (Å²) in [6, 6.07) is 22.5. The molecule has 1 fully saturated rings. The molecule has 0 bridgehead atoms. The summed E-state index contributed by atoms with van der Waals surface area (Å²) in [6.45, 7) is 2.93. The summed E-state index contributed by atoms with van der Waals surface area (Å²) < 4.78 is 11.1. The van der Waals surface area contributed by atoms with Crippen LogP contribution in [0.2, 0.25) is 0 Å². The van der Waals surface area contributed by atoms with Gasteiger partial charge in [-0.15, -0.1) is 0 Å². The van der Waals surface area contributed by atoms with Crippen LogP contribution in [0.4, 0.5) is 4.79 Å². The molecule has 3 aromatic rings. The Balaban J connectivity index is 0.00000108. The molecule has 0 spiro atoms. The third kappa shape index (κ3) is 10.3. The lowest BCUT2D eigenvalue weighted by Gasteiger charge is -2.27. The van der Waals surface area contributed by atoms with Crippen molar-refractivity contribution < 1.29 is 34.1 Å². The summed E-state index contributed by atoms with van der Waals surface area (Å²) in [4.78, 5) is 33.6. The monoisotopic (exact) mass is 561 g/mol. The zero-order valence-corrected chi connectivity index (χ0v) is 22.8. The second-order valence-electron chi connectivity index (χ2n) is 9.88. The van der Waals surface area contributed by atoms with Gasteiger partial charge in [0.2, 0.25) is 0 Å². The van der Waals surface area contributed by atoms with E-state index in [1.807, 2.05) is 55.5 Å². The van der Waals surface area contributed by atoms with E-state index >= 15 is 0 Å². The number of aryl methyl sites for hydroxylation is 1. The number of guanidine groups is 1. The molecular weight excluding hydrogens is 526 g/mol. The Morgan fingerprint density at radius 2 is 1.41 bits per heavy atom. The maximum Gasteiger partial charge on any atom is 0.503 e. The van der Waals surface area contributed by atoms with Crippen molar-refractivity contribution in [2.24, 2.45) is 17.6 Å². The number of ether oxygens (including phenoxy) is 2. The molecule has 1 aliphatic carbocycles. The Hall–Kier alpha value is -4.86. The van der Waals surface area contributed by atoms with Gasteiger partial charge in [0.15, 0.2) is 5.96 Å². The van der Waals surface area contributed by atoms with Crippen molar-refractivity contribution in [3.63, 3.8) is 0 Å². The first-order valence-corrected chi connectivity index (χ1v) is 13.3. The van der Waals surface area contributed by atoms with E-state index in [0.29, 0.717) is 23.8 Å². The van der Waals surface area contributed by atoms with Crippen LogP contribution in [0, 0.1) is 24.2 Å². The fraction of sp³-hybridized carbons (Fsp3) is 0.290. The SMILES string of the molecule is Cc1ccc(COC(=O)c2ccc(-c3ccc(OC(=O)[C@H]4CC[C@H](CNC(=N)N)CC4)cc3)cc2)cc1.O=C(O)O. The third-order valence-electron chi connectivity index (χ3n) is 6.78. The van der Waals surface area contributed by atoms with E-state index < -0.39 is 6.16 Å². The van der Waals surface area contributed by atoms with Gasteiger partial charge in [-0.25, -0.2) is 9.59 Å². The second-order valence-corrected chi connectivity index (χ2v) is 9.88. The van der Waals surface area contributed by atoms with Gasteiger partial charge in [-0.3, -0.25) is 10.2 Å². The van der Waals surface area contributed by atoms with Gasteiger partial charge in [0, 0.05) is 6.54 Å². The smallest absolute Gasteiger partial charge is 0.457 e. The molecule has 0 amide bonds. The van der Waals surface area contributed by atoms with Gasteiger partial charge in [0.25, 0.3) is 0 Å². The Morgan fingerprint density at radius 1 is 0.878 bits per heavy atom. The molecule has 0 saturated heterocycles. The minimum atomic E-state index is -1.83. The molecule has 0 aliphatic heterocycles. The Bertz CT molecular complexity index is 1310. The van der Waals surface area contributed by atoms with E-state index in [2.05, 4.69) is 5.32 Å². The first kappa shape index (κ1) is 30.7. The fourth-order valence-corrected chi connectivity index (χ4v) is 4.49. The van der Waals surface area contributed by atoms with Crippen molar-refractivity contribution in [1.29, 1.82) is 5.41 Å². The van der Waals surface area contributed by atoms with Crippen LogP contribution in [0.1, 0.15) is 47.2 Å². The standard InChI is InChI=1S/C30H33N3O4.CH2O3/c1-20-2-4-22(5-3-20)19-36-28(34)25-12-10-23(11-13-25)24-14-16-27(17-15-24)37-29(35)26-8-6-21(7-9-26)18-33-30(31)32;2-1(3)4/h2-5,10-17,21,26H,6-9,18-19H2,1H3,(H4,31,32,33);(H2,2,3,4)/t21-,26-;. The average Bonchev–Trinajstić information content (AvgIpc) is 2.96. The number of hydrogen-bond donors (Lipinski definition) is 5. The van der Waals surface area contributed by atoms with Crippen LogP contribution in [0.25, 0.3) is 11.1 Å². The highest BCUT2D eigenvalue weighted by molar-refractivity contribution is 5.90. The van der Waals surface area contributed by atoms with Gasteiger partial charge in [-0.2, -0.15) is 0 Å². The van der Waals surface area contributed by atoms with Crippen molar-refractivity contribution >= 4 is 24.1 Å². The molecule has 0 heterocycles. The molecule has 216 valence electrons. The molecule has 10 nitrogen and oxygen atoms in total. The number of carbonyl (C=O) groups excluding carboxylic acids is 2. The lowest BCUT2D eigenvalue weighted by molar-refractivity contribution is -0.140. The van der Waals surface area contributed by atoms with Gasteiger partial charge < -0.3 is 30.7 Å². The van der Waals surface area contributed by atoms with Crippen molar-refractivity contribution in [3.8, 4) is 16.9 Å². The van der Waals surface area contributed by atoms with Crippen LogP contribution in [0.15, 0.2) is 72.8 Å². The first-order valence-electron chi connectivity index (χ1n) is 13.3. The lowest BCUT2D eigenvalue weighted by atomic mass is 9.82. The van der Waals surface area contributed by atoms with Gasteiger partial charge in [-0.05, 0) is 79.5 Å². The number of nitrogens with one attached hydrogen (secondary N) is 2. The summed E-state index contributed by atoms with van der Waals surface area (Å²) in [5, 5.41) is 24.1. The summed E-state index contributed by atoms with van der Waals surface area (Å²) >= 11 is 0. The third-order valence-corrected chi connectivity index (χ3v) is 6.78. The molecule has 4 rings (SSSR count). The predicted molar refractivity (Wildman–Crippen MR) is 154 cm³/mol. The highest BCUT2D eigenvalue weighted by Crippen LogP contribution is 2.30. The molecule has 0 radical (unpaired) electrons. The van der Waals surface area contributed by atoms with Crippen molar-refractivity contribution in [1.82, 2.24) is 5.32 Å². The second kappa shape index (κ2) is 15.1. The van der Waals surface area contributed by atoms with E-state index in [4.69, 9.17) is 35.6 Å². The van der Waals surface area contributed by atoms with Gasteiger partial charge in [0.05, 0.1) is 11.5 Å². The number of carbonyl (C=O) groups is 3. The van der Waals surface area contributed by atoms with E-state index in [1.54, 1.807) is 24.3 Å². The normalized spacial score (nSPS) is 15.9. The van der Waals surface area contributed by atoms with Crippen LogP contribution < -0.4 is 15.8 Å². The topological polar surface area (TPSA) is 172 Å². The Kier molecular flexibility index (Phi) is 11.3. The number of hydrogen-bond acceptors (Lipinski definition) is 6. The Morgan fingerprint density at radius 3 is 1.95 bits per heavy atom. The zero-order chi connectivity index (χ0) is 29.8. The Labute approximate surface area is 238 Å². The summed E-state index contributed by atoms with van der Waals surface area (Å²) in [6.07, 6.45) is 1.55. The fourth-order valence-electron chi connectivity index (χ4n) is 4.49. The van der Waals surface area contributed by atoms with Crippen LogP contribution >= 0.6 is 0 Å². The van der Waals surface area contributed by atoms with E-state index in [0.717, 1.165) is 47.9 Å². The highest BCUT2D eigenvalue weighted by Gasteiger charge is 2.27. The number of nitrogens with two attached hydrogens (primary N) is 1. The van der Waals surface area contributed by atoms with Crippen LogP contribution in [-0.4, -0.2) is 40.8 Å². The van der Waals surface area contributed by atoms with E-state index in [9.17, 15) is 9.59 Å². The number of esters is 2. The number of carboxylic acid groups (broad SMARTS) is 2. The molecule has 3 aromatic carbocycles. The minimum absolute atomic E-state index is 0.0164. The first-order chi connectivity index (χ1) is 19.6. The number of benzene rings is 3. The zero-order valence-electron chi connectivity index (χ0n) is 22.8. The maximum atomic E-state index is 12.6. The van der Waals surface area contributed by atoms with E-state index in [1.165, 1.54) is 0 Å². The minimum Gasteiger partial charge on any atom is -0.457 e. The quantitative estimate of drug-likeness (QED) is 0.104. The number of rotatable bonds is 8. The molecular formula is C31H35N3O7. The van der Waals surface area contributed by atoms with Crippen LogP contribution in [0.5, 0.6) is 5.75 Å². The summed E-state index contributed by atoms with van der Waals surface area (Å²) in [7, 11) is 0. The highest BCUT2D eigenvalue weighted by atomic mass is 16.6. The largest absolute Gasteiger partial charge is 0.503 e.